The van der Waals surface area contributed by atoms with Gasteiger partial charge in [-0.25, -0.2) is 0 Å². The van der Waals surface area contributed by atoms with Crippen molar-refractivity contribution in [2.45, 2.75) is 13.8 Å². The average Bonchev–Trinajstić information content (AvgIpc) is 2.59. The van der Waals surface area contributed by atoms with Gasteiger partial charge in [-0.15, -0.1) is 0 Å². The van der Waals surface area contributed by atoms with Crippen molar-refractivity contribution < 1.29 is 14.3 Å². The normalized spacial score (nSPS) is 9.96. The van der Waals surface area contributed by atoms with E-state index in [0.717, 1.165) is 15.6 Å². The lowest BCUT2D eigenvalue weighted by molar-refractivity contribution is -0.123. The van der Waals surface area contributed by atoms with Crippen molar-refractivity contribution in [2.24, 2.45) is 0 Å². The molecule has 0 aromatic heterocycles. The first kappa shape index (κ1) is 19.9. The zero-order chi connectivity index (χ0) is 19.1. The summed E-state index contributed by atoms with van der Waals surface area (Å²) in [6.45, 7) is 3.58. The van der Waals surface area contributed by atoms with Gasteiger partial charge in [0.05, 0.1) is 4.47 Å². The number of thiocarbonyl (C=S) groups is 1. The van der Waals surface area contributed by atoms with Gasteiger partial charge in [-0.1, -0.05) is 24.3 Å². The molecule has 0 aliphatic carbocycles. The number of halogens is 1. The minimum atomic E-state index is -0.440. The Kier molecular flexibility index (Phi) is 7.11. The Bertz CT molecular complexity index is 842. The summed E-state index contributed by atoms with van der Waals surface area (Å²) in [6, 6.07) is 12.7. The summed E-state index contributed by atoms with van der Waals surface area (Å²) in [6.07, 6.45) is 0. The summed E-state index contributed by atoms with van der Waals surface area (Å²) in [5.74, 6) is -0.235. The number of aryl methyl sites for hydroxylation is 2. The highest BCUT2D eigenvalue weighted by molar-refractivity contribution is 9.10. The number of benzene rings is 2. The van der Waals surface area contributed by atoms with Crippen LogP contribution in [0.25, 0.3) is 0 Å². The van der Waals surface area contributed by atoms with E-state index in [4.69, 9.17) is 17.0 Å². The standard InChI is InChI=1S/C18H18BrN3O3S/c1-11-7-8-15(14(19)9-11)25-10-16(23)21-22-18(26)20-17(24)13-6-4-3-5-12(13)2/h3-9H,10H2,1-2H3,(H,21,23)(H2,20,22,24,26). The third-order valence-corrected chi connectivity index (χ3v) is 4.20. The fourth-order valence-corrected chi connectivity index (χ4v) is 2.81. The third kappa shape index (κ3) is 5.82. The van der Waals surface area contributed by atoms with Crippen molar-refractivity contribution in [3.63, 3.8) is 0 Å². The number of nitrogens with one attached hydrogen (secondary N) is 3. The van der Waals surface area contributed by atoms with Gasteiger partial charge >= 0.3 is 0 Å². The molecule has 2 aromatic rings. The van der Waals surface area contributed by atoms with E-state index in [1.165, 1.54) is 0 Å². The molecule has 2 rings (SSSR count). The molecule has 0 spiro atoms. The largest absolute Gasteiger partial charge is 0.483 e. The van der Waals surface area contributed by atoms with Crippen LogP contribution >= 0.6 is 28.1 Å². The van der Waals surface area contributed by atoms with E-state index < -0.39 is 5.91 Å². The number of carbonyl (C=O) groups is 2. The summed E-state index contributed by atoms with van der Waals surface area (Å²) < 4.78 is 6.19. The van der Waals surface area contributed by atoms with Crippen molar-refractivity contribution in [3.8, 4) is 5.75 Å². The number of rotatable bonds is 4. The molecule has 8 heteroatoms. The lowest BCUT2D eigenvalue weighted by Crippen LogP contribution is -2.49. The van der Waals surface area contributed by atoms with Gasteiger partial charge < -0.3 is 4.74 Å². The Morgan fingerprint density at radius 3 is 2.54 bits per heavy atom. The Labute approximate surface area is 165 Å². The summed E-state index contributed by atoms with van der Waals surface area (Å²) in [5.41, 5.74) is 7.25. The van der Waals surface area contributed by atoms with Crippen LogP contribution in [0.4, 0.5) is 0 Å². The Balaban J connectivity index is 1.77. The van der Waals surface area contributed by atoms with E-state index in [0.29, 0.717) is 11.3 Å². The highest BCUT2D eigenvalue weighted by Gasteiger charge is 2.11. The molecule has 0 fully saturated rings. The molecule has 0 saturated carbocycles. The zero-order valence-corrected chi connectivity index (χ0v) is 16.7. The van der Waals surface area contributed by atoms with Gasteiger partial charge in [0.25, 0.3) is 11.8 Å². The molecule has 26 heavy (non-hydrogen) atoms. The third-order valence-electron chi connectivity index (χ3n) is 3.38. The molecule has 0 radical (unpaired) electrons. The average molecular weight is 436 g/mol. The fraction of sp³-hybridized carbons (Fsp3) is 0.167. The number of ether oxygens (including phenoxy) is 1. The first-order valence-electron chi connectivity index (χ1n) is 7.71. The predicted molar refractivity (Wildman–Crippen MR) is 107 cm³/mol. The maximum atomic E-state index is 12.1. The summed E-state index contributed by atoms with van der Waals surface area (Å²) in [5, 5.41) is 2.49. The molecule has 2 aromatic carbocycles. The maximum absolute atomic E-state index is 12.1. The van der Waals surface area contributed by atoms with Crippen LogP contribution in [-0.2, 0) is 4.79 Å². The molecule has 0 saturated heterocycles. The molecular formula is C18H18BrN3O3S. The van der Waals surface area contributed by atoms with Crippen LogP contribution in [0.5, 0.6) is 5.75 Å². The second-order valence-corrected chi connectivity index (χ2v) is 6.76. The highest BCUT2D eigenvalue weighted by atomic mass is 79.9. The van der Waals surface area contributed by atoms with Gasteiger partial charge in [-0.3, -0.25) is 25.8 Å². The molecule has 0 aliphatic rings. The number of carbonyl (C=O) groups excluding carboxylic acids is 2. The van der Waals surface area contributed by atoms with Crippen molar-refractivity contribution in [3.05, 3.63) is 63.6 Å². The second-order valence-electron chi connectivity index (χ2n) is 5.49. The Hall–Kier alpha value is -2.45. The van der Waals surface area contributed by atoms with Crippen LogP contribution in [0, 0.1) is 13.8 Å². The van der Waals surface area contributed by atoms with E-state index in [-0.39, 0.29) is 17.6 Å². The number of hydrogen-bond donors (Lipinski definition) is 3. The van der Waals surface area contributed by atoms with E-state index in [9.17, 15) is 9.59 Å². The van der Waals surface area contributed by atoms with Crippen LogP contribution in [0.15, 0.2) is 46.9 Å². The molecule has 0 heterocycles. The van der Waals surface area contributed by atoms with Crippen LogP contribution in [0.1, 0.15) is 21.5 Å². The van der Waals surface area contributed by atoms with Crippen LogP contribution in [-0.4, -0.2) is 23.5 Å². The highest BCUT2D eigenvalue weighted by Crippen LogP contribution is 2.25. The maximum Gasteiger partial charge on any atom is 0.276 e. The van der Waals surface area contributed by atoms with Crippen LogP contribution in [0.2, 0.25) is 0 Å². The smallest absolute Gasteiger partial charge is 0.276 e. The van der Waals surface area contributed by atoms with Crippen LogP contribution in [0.3, 0.4) is 0 Å². The zero-order valence-electron chi connectivity index (χ0n) is 14.3. The van der Waals surface area contributed by atoms with Gasteiger partial charge in [-0.05, 0) is 71.3 Å². The van der Waals surface area contributed by atoms with Gasteiger partial charge in [0.1, 0.15) is 5.75 Å². The molecule has 3 N–H and O–H groups in total. The first-order chi connectivity index (χ1) is 12.4. The topological polar surface area (TPSA) is 79.5 Å². The number of hydrogen-bond acceptors (Lipinski definition) is 4. The predicted octanol–water partition coefficient (Wildman–Crippen LogP) is 2.78. The molecule has 0 unspecified atom stereocenters. The van der Waals surface area contributed by atoms with E-state index >= 15 is 0 Å². The molecule has 0 atom stereocenters. The van der Waals surface area contributed by atoms with Gasteiger partial charge in [-0.2, -0.15) is 0 Å². The Morgan fingerprint density at radius 1 is 1.12 bits per heavy atom. The molecule has 0 bridgehead atoms. The van der Waals surface area contributed by atoms with Crippen molar-refractivity contribution in [1.82, 2.24) is 16.2 Å². The van der Waals surface area contributed by atoms with Gasteiger partial charge in [0.2, 0.25) is 0 Å². The minimum absolute atomic E-state index is 0.0110. The van der Waals surface area contributed by atoms with Crippen molar-refractivity contribution in [2.75, 3.05) is 6.61 Å². The van der Waals surface area contributed by atoms with Crippen molar-refractivity contribution >= 4 is 45.1 Å². The molecule has 136 valence electrons. The summed E-state index contributed by atoms with van der Waals surface area (Å²) in [7, 11) is 0. The van der Waals surface area contributed by atoms with E-state index in [2.05, 4.69) is 32.1 Å². The number of amides is 2. The lowest BCUT2D eigenvalue weighted by atomic mass is 10.1. The number of hydrazine groups is 1. The SMILES string of the molecule is Cc1ccc(OCC(=O)NNC(=S)NC(=O)c2ccccc2C)c(Br)c1. The van der Waals surface area contributed by atoms with E-state index in [1.807, 2.05) is 38.1 Å². The molecule has 6 nitrogen and oxygen atoms in total. The minimum Gasteiger partial charge on any atom is -0.483 e. The Morgan fingerprint density at radius 2 is 1.85 bits per heavy atom. The van der Waals surface area contributed by atoms with Crippen LogP contribution < -0.4 is 20.9 Å². The van der Waals surface area contributed by atoms with Crippen molar-refractivity contribution in [1.29, 1.82) is 0 Å². The van der Waals surface area contributed by atoms with Gasteiger partial charge in [0, 0.05) is 5.56 Å². The first-order valence-corrected chi connectivity index (χ1v) is 8.91. The fourth-order valence-electron chi connectivity index (χ4n) is 2.06. The quantitative estimate of drug-likeness (QED) is 0.508. The molecule has 2 amide bonds. The summed E-state index contributed by atoms with van der Waals surface area (Å²) >= 11 is 8.37. The monoisotopic (exact) mass is 435 g/mol. The van der Waals surface area contributed by atoms with E-state index in [1.54, 1.807) is 18.2 Å². The molecular weight excluding hydrogens is 418 g/mol. The molecule has 0 aliphatic heterocycles. The van der Waals surface area contributed by atoms with Gasteiger partial charge in [0.15, 0.2) is 11.7 Å². The summed E-state index contributed by atoms with van der Waals surface area (Å²) in [4.78, 5) is 23.9. The second kappa shape index (κ2) is 9.30. The lowest BCUT2D eigenvalue weighted by Gasteiger charge is -2.12.